The summed E-state index contributed by atoms with van der Waals surface area (Å²) in [5, 5.41) is 17.6. The number of aliphatic carboxylic acids is 1. The number of hydrogen-bond acceptors (Lipinski definition) is 4. The van der Waals surface area contributed by atoms with Gasteiger partial charge < -0.3 is 10.0 Å². The van der Waals surface area contributed by atoms with Crippen molar-refractivity contribution in [1.29, 1.82) is 5.26 Å². The number of amides is 1. The molecule has 1 fully saturated rings. The zero-order chi connectivity index (χ0) is 15.2. The molecule has 1 aromatic carbocycles. The van der Waals surface area contributed by atoms with Gasteiger partial charge in [0.1, 0.15) is 0 Å². The van der Waals surface area contributed by atoms with Crippen LogP contribution in [0.2, 0.25) is 0 Å². The summed E-state index contributed by atoms with van der Waals surface area (Å²) in [5.74, 6) is -0.921. The summed E-state index contributed by atoms with van der Waals surface area (Å²) < 4.78 is 0. The quantitative estimate of drug-likeness (QED) is 0.863. The molecule has 0 atom stereocenters. The van der Waals surface area contributed by atoms with Gasteiger partial charge in [0.2, 0.25) is 0 Å². The molecule has 0 aliphatic carbocycles. The first-order chi connectivity index (χ1) is 10.1. The standard InChI is InChI=1S/C15H16N2O3S/c16-7-10-21-13-4-2-1-3-12(13)14(18)17-8-5-11(6-9-17)15(19)20/h1-4,11H,5-6,8-10H2,(H,19,20). The first kappa shape index (κ1) is 15.4. The number of likely N-dealkylation sites (tertiary alicyclic amines) is 1. The van der Waals surface area contributed by atoms with Gasteiger partial charge in [-0.1, -0.05) is 12.1 Å². The summed E-state index contributed by atoms with van der Waals surface area (Å²) in [5.41, 5.74) is 0.589. The summed E-state index contributed by atoms with van der Waals surface area (Å²) in [4.78, 5) is 26.0. The monoisotopic (exact) mass is 304 g/mol. The van der Waals surface area contributed by atoms with Crippen molar-refractivity contribution in [1.82, 2.24) is 4.90 Å². The van der Waals surface area contributed by atoms with Crippen LogP contribution in [0.4, 0.5) is 0 Å². The normalized spacial score (nSPS) is 15.5. The SMILES string of the molecule is N#CCSc1ccccc1C(=O)N1CCC(C(=O)O)CC1. The number of nitriles is 1. The molecule has 1 aromatic rings. The van der Waals surface area contributed by atoms with Gasteiger partial charge in [0.25, 0.3) is 5.91 Å². The molecule has 21 heavy (non-hydrogen) atoms. The average Bonchev–Trinajstić information content (AvgIpc) is 2.52. The predicted molar refractivity (Wildman–Crippen MR) is 79.0 cm³/mol. The second kappa shape index (κ2) is 7.14. The van der Waals surface area contributed by atoms with Gasteiger partial charge >= 0.3 is 5.97 Å². The van der Waals surface area contributed by atoms with Crippen LogP contribution in [0, 0.1) is 17.2 Å². The fraction of sp³-hybridized carbons (Fsp3) is 0.400. The lowest BCUT2D eigenvalue weighted by molar-refractivity contribution is -0.143. The van der Waals surface area contributed by atoms with Gasteiger partial charge in [-0.15, -0.1) is 11.8 Å². The topological polar surface area (TPSA) is 81.4 Å². The maximum atomic E-state index is 12.5. The summed E-state index contributed by atoms with van der Waals surface area (Å²) >= 11 is 1.34. The van der Waals surface area contributed by atoms with Crippen LogP contribution in [-0.4, -0.2) is 40.7 Å². The Morgan fingerprint density at radius 2 is 2.00 bits per heavy atom. The smallest absolute Gasteiger partial charge is 0.306 e. The van der Waals surface area contributed by atoms with E-state index in [2.05, 4.69) is 6.07 Å². The van der Waals surface area contributed by atoms with Gasteiger partial charge in [-0.05, 0) is 25.0 Å². The highest BCUT2D eigenvalue weighted by molar-refractivity contribution is 7.99. The summed E-state index contributed by atoms with van der Waals surface area (Å²) in [6.45, 7) is 0.931. The fourth-order valence-electron chi connectivity index (χ4n) is 2.38. The third-order valence-corrected chi connectivity index (χ3v) is 4.48. The van der Waals surface area contributed by atoms with Crippen molar-refractivity contribution in [2.75, 3.05) is 18.8 Å². The van der Waals surface area contributed by atoms with Crippen molar-refractivity contribution in [3.05, 3.63) is 29.8 Å². The highest BCUT2D eigenvalue weighted by Crippen LogP contribution is 2.25. The third kappa shape index (κ3) is 3.76. The Hall–Kier alpha value is -2.00. The number of benzene rings is 1. The number of carboxylic acids is 1. The maximum absolute atomic E-state index is 12.5. The number of rotatable bonds is 4. The summed E-state index contributed by atoms with van der Waals surface area (Å²) in [6.07, 6.45) is 0.989. The lowest BCUT2D eigenvalue weighted by Crippen LogP contribution is -2.40. The minimum Gasteiger partial charge on any atom is -0.481 e. The maximum Gasteiger partial charge on any atom is 0.306 e. The minimum atomic E-state index is -0.785. The van der Waals surface area contributed by atoms with Crippen molar-refractivity contribution >= 4 is 23.6 Å². The summed E-state index contributed by atoms with van der Waals surface area (Å²) in [7, 11) is 0. The highest BCUT2D eigenvalue weighted by atomic mass is 32.2. The highest BCUT2D eigenvalue weighted by Gasteiger charge is 2.28. The molecule has 1 heterocycles. The Balaban J connectivity index is 2.07. The van der Waals surface area contributed by atoms with E-state index in [0.717, 1.165) is 4.90 Å². The van der Waals surface area contributed by atoms with E-state index in [1.807, 2.05) is 12.1 Å². The third-order valence-electron chi connectivity index (χ3n) is 3.54. The molecular formula is C15H16N2O3S. The number of thioether (sulfide) groups is 1. The molecule has 0 radical (unpaired) electrons. The van der Waals surface area contributed by atoms with E-state index in [4.69, 9.17) is 10.4 Å². The van der Waals surface area contributed by atoms with E-state index < -0.39 is 5.97 Å². The average molecular weight is 304 g/mol. The Morgan fingerprint density at radius 3 is 2.62 bits per heavy atom. The van der Waals surface area contributed by atoms with Crippen LogP contribution in [0.5, 0.6) is 0 Å². The molecule has 1 N–H and O–H groups in total. The van der Waals surface area contributed by atoms with E-state index in [-0.39, 0.29) is 11.8 Å². The van der Waals surface area contributed by atoms with E-state index in [1.54, 1.807) is 17.0 Å². The van der Waals surface area contributed by atoms with Crippen molar-refractivity contribution in [2.45, 2.75) is 17.7 Å². The molecular weight excluding hydrogens is 288 g/mol. The molecule has 5 nitrogen and oxygen atoms in total. The molecule has 0 aromatic heterocycles. The molecule has 0 bridgehead atoms. The Labute approximate surface area is 127 Å². The molecule has 0 saturated carbocycles. The van der Waals surface area contributed by atoms with Crippen LogP contribution < -0.4 is 0 Å². The molecule has 0 spiro atoms. The van der Waals surface area contributed by atoms with Gasteiger partial charge in [-0.25, -0.2) is 0 Å². The van der Waals surface area contributed by atoms with Crippen molar-refractivity contribution < 1.29 is 14.7 Å². The number of nitrogens with zero attached hydrogens (tertiary/aromatic N) is 2. The van der Waals surface area contributed by atoms with Crippen LogP contribution in [-0.2, 0) is 4.79 Å². The number of carbonyl (C=O) groups is 2. The predicted octanol–water partition coefficient (Wildman–Crippen LogP) is 2.24. The van der Waals surface area contributed by atoms with E-state index in [1.165, 1.54) is 11.8 Å². The van der Waals surface area contributed by atoms with Crippen molar-refractivity contribution in [3.63, 3.8) is 0 Å². The van der Waals surface area contributed by atoms with Gasteiger partial charge in [0, 0.05) is 18.0 Å². The zero-order valence-electron chi connectivity index (χ0n) is 11.5. The van der Waals surface area contributed by atoms with Crippen LogP contribution in [0.15, 0.2) is 29.2 Å². The van der Waals surface area contributed by atoms with E-state index in [0.29, 0.717) is 37.2 Å². The number of carbonyl (C=O) groups excluding carboxylic acids is 1. The van der Waals surface area contributed by atoms with E-state index in [9.17, 15) is 9.59 Å². The zero-order valence-corrected chi connectivity index (χ0v) is 12.3. The molecule has 110 valence electrons. The fourth-order valence-corrected chi connectivity index (χ4v) is 3.08. The molecule has 2 rings (SSSR count). The molecule has 0 unspecified atom stereocenters. The second-order valence-corrected chi connectivity index (χ2v) is 5.86. The largest absolute Gasteiger partial charge is 0.481 e. The van der Waals surface area contributed by atoms with Crippen LogP contribution in [0.1, 0.15) is 23.2 Å². The van der Waals surface area contributed by atoms with Gasteiger partial charge in [-0.3, -0.25) is 9.59 Å². The second-order valence-electron chi connectivity index (χ2n) is 4.85. The minimum absolute atomic E-state index is 0.0834. The van der Waals surface area contributed by atoms with Crippen LogP contribution >= 0.6 is 11.8 Å². The van der Waals surface area contributed by atoms with Crippen molar-refractivity contribution in [2.24, 2.45) is 5.92 Å². The molecule has 1 amide bonds. The van der Waals surface area contributed by atoms with Gasteiger partial charge in [0.05, 0.1) is 23.3 Å². The van der Waals surface area contributed by atoms with Gasteiger partial charge in [-0.2, -0.15) is 5.26 Å². The Bertz CT molecular complexity index is 575. The van der Waals surface area contributed by atoms with E-state index >= 15 is 0 Å². The lowest BCUT2D eigenvalue weighted by atomic mass is 9.96. The first-order valence-electron chi connectivity index (χ1n) is 6.74. The molecule has 1 aliphatic rings. The molecule has 1 aliphatic heterocycles. The number of carboxylic acid groups (broad SMARTS) is 1. The van der Waals surface area contributed by atoms with Crippen LogP contribution in [0.25, 0.3) is 0 Å². The number of hydrogen-bond donors (Lipinski definition) is 1. The van der Waals surface area contributed by atoms with Crippen LogP contribution in [0.3, 0.4) is 0 Å². The van der Waals surface area contributed by atoms with Gasteiger partial charge in [0.15, 0.2) is 0 Å². The van der Waals surface area contributed by atoms with Crippen molar-refractivity contribution in [3.8, 4) is 6.07 Å². The lowest BCUT2D eigenvalue weighted by Gasteiger charge is -2.30. The molecule has 6 heteroatoms. The molecule has 1 saturated heterocycles. The Morgan fingerprint density at radius 1 is 1.33 bits per heavy atom. The first-order valence-corrected chi connectivity index (χ1v) is 7.73. The number of piperidine rings is 1. The Kier molecular flexibility index (Phi) is 5.23. The summed E-state index contributed by atoms with van der Waals surface area (Å²) in [6, 6.07) is 9.28.